The molecule has 0 fully saturated rings. The van der Waals surface area contributed by atoms with E-state index in [4.69, 9.17) is 0 Å². The van der Waals surface area contributed by atoms with Crippen LogP contribution in [0.4, 0.5) is 0 Å². The molecule has 2 aliphatic carbocycles. The molecule has 24 heavy (non-hydrogen) atoms. The molecule has 0 aromatic heterocycles. The van der Waals surface area contributed by atoms with Crippen molar-refractivity contribution in [1.29, 1.82) is 0 Å². The lowest BCUT2D eigenvalue weighted by atomic mass is 9.83. The molecule has 0 spiro atoms. The summed E-state index contributed by atoms with van der Waals surface area (Å²) in [5.41, 5.74) is 8.17. The summed E-state index contributed by atoms with van der Waals surface area (Å²) in [6.45, 7) is 6.52. The molecule has 1 aromatic rings. The van der Waals surface area contributed by atoms with Crippen LogP contribution >= 0.6 is 0 Å². The second-order valence-electron chi connectivity index (χ2n) is 6.85. The molecule has 0 N–H and O–H groups in total. The van der Waals surface area contributed by atoms with Gasteiger partial charge in [0.25, 0.3) is 0 Å². The van der Waals surface area contributed by atoms with E-state index in [-0.39, 0.29) is 0 Å². The van der Waals surface area contributed by atoms with E-state index in [1.54, 1.807) is 0 Å². The van der Waals surface area contributed by atoms with Crippen molar-refractivity contribution in [2.24, 2.45) is 0 Å². The largest absolute Gasteiger partial charge is 0.0802 e. The highest BCUT2D eigenvalue weighted by Crippen LogP contribution is 2.36. The van der Waals surface area contributed by atoms with Crippen molar-refractivity contribution in [1.82, 2.24) is 0 Å². The number of benzene rings is 1. The van der Waals surface area contributed by atoms with Gasteiger partial charge in [-0.05, 0) is 50.3 Å². The summed E-state index contributed by atoms with van der Waals surface area (Å²) in [6.07, 6.45) is 20.4. The van der Waals surface area contributed by atoms with E-state index in [0.717, 1.165) is 12.8 Å². The van der Waals surface area contributed by atoms with Gasteiger partial charge in [-0.2, -0.15) is 0 Å². The zero-order valence-corrected chi connectivity index (χ0v) is 14.9. The fourth-order valence-corrected chi connectivity index (χ4v) is 3.23. The smallest absolute Gasteiger partial charge is 0.0336 e. The van der Waals surface area contributed by atoms with Crippen LogP contribution in [0.25, 0.3) is 0 Å². The first kappa shape index (κ1) is 16.5. The molecule has 0 bridgehead atoms. The highest BCUT2D eigenvalue weighted by Gasteiger charge is 2.19. The Morgan fingerprint density at radius 3 is 2.38 bits per heavy atom. The number of aryl methyl sites for hydroxylation is 1. The Balaban J connectivity index is 2.06. The van der Waals surface area contributed by atoms with Gasteiger partial charge < -0.3 is 0 Å². The molecule has 0 radical (unpaired) electrons. The summed E-state index contributed by atoms with van der Waals surface area (Å²) in [6, 6.07) is 8.98. The number of hydrogen-bond acceptors (Lipinski definition) is 0. The summed E-state index contributed by atoms with van der Waals surface area (Å²) in [7, 11) is 0. The third-order valence-corrected chi connectivity index (χ3v) is 4.72. The maximum absolute atomic E-state index is 2.37. The van der Waals surface area contributed by atoms with Crippen molar-refractivity contribution in [2.75, 3.05) is 0 Å². The van der Waals surface area contributed by atoms with E-state index in [9.17, 15) is 0 Å². The molecule has 0 heteroatoms. The highest BCUT2D eigenvalue weighted by molar-refractivity contribution is 5.50. The molecule has 0 aliphatic heterocycles. The molecule has 1 aromatic carbocycles. The van der Waals surface area contributed by atoms with Crippen LogP contribution in [0.5, 0.6) is 0 Å². The lowest BCUT2D eigenvalue weighted by Crippen LogP contribution is -2.04. The average molecular weight is 314 g/mol. The van der Waals surface area contributed by atoms with Gasteiger partial charge in [0, 0.05) is 5.92 Å². The minimum atomic E-state index is 0.291. The van der Waals surface area contributed by atoms with Crippen LogP contribution in [0, 0.1) is 6.92 Å². The quantitative estimate of drug-likeness (QED) is 0.579. The maximum Gasteiger partial charge on any atom is 0.0336 e. The molecule has 122 valence electrons. The van der Waals surface area contributed by atoms with Gasteiger partial charge in [0.15, 0.2) is 0 Å². The first-order chi connectivity index (χ1) is 11.6. The van der Waals surface area contributed by atoms with Gasteiger partial charge >= 0.3 is 0 Å². The summed E-state index contributed by atoms with van der Waals surface area (Å²) < 4.78 is 0. The van der Waals surface area contributed by atoms with Gasteiger partial charge in [-0.25, -0.2) is 0 Å². The van der Waals surface area contributed by atoms with Crippen LogP contribution in [0.15, 0.2) is 95.2 Å². The molecular formula is C24H26. The number of allylic oxidation sites excluding steroid dienone is 12. The molecule has 0 saturated carbocycles. The normalized spacial score (nSPS) is 18.8. The van der Waals surface area contributed by atoms with Crippen LogP contribution in [-0.4, -0.2) is 0 Å². The Kier molecular flexibility index (Phi) is 5.15. The number of hydrogen-bond donors (Lipinski definition) is 0. The van der Waals surface area contributed by atoms with E-state index in [2.05, 4.69) is 93.6 Å². The Morgan fingerprint density at radius 2 is 1.58 bits per heavy atom. The van der Waals surface area contributed by atoms with Gasteiger partial charge in [0.1, 0.15) is 0 Å². The van der Waals surface area contributed by atoms with Crippen LogP contribution < -0.4 is 0 Å². The van der Waals surface area contributed by atoms with Crippen molar-refractivity contribution >= 4 is 0 Å². The second kappa shape index (κ2) is 7.49. The lowest BCUT2D eigenvalue weighted by Gasteiger charge is -2.21. The molecule has 1 unspecified atom stereocenters. The first-order valence-corrected chi connectivity index (χ1v) is 8.79. The Hall–Kier alpha value is -2.34. The van der Waals surface area contributed by atoms with Crippen LogP contribution in [0.1, 0.15) is 43.7 Å². The molecule has 3 rings (SSSR count). The maximum atomic E-state index is 2.37. The Bertz CT molecular complexity index is 774. The third kappa shape index (κ3) is 3.94. The van der Waals surface area contributed by atoms with Gasteiger partial charge in [-0.1, -0.05) is 89.6 Å². The van der Waals surface area contributed by atoms with E-state index in [1.165, 1.54) is 33.4 Å². The summed E-state index contributed by atoms with van der Waals surface area (Å²) in [5, 5.41) is 0. The predicted octanol–water partition coefficient (Wildman–Crippen LogP) is 6.74. The van der Waals surface area contributed by atoms with Crippen molar-refractivity contribution in [3.05, 3.63) is 106 Å². The summed E-state index contributed by atoms with van der Waals surface area (Å²) in [5.74, 6) is 0.291. The fourth-order valence-electron chi connectivity index (χ4n) is 3.23. The van der Waals surface area contributed by atoms with Crippen LogP contribution in [0.2, 0.25) is 0 Å². The summed E-state index contributed by atoms with van der Waals surface area (Å²) >= 11 is 0. The van der Waals surface area contributed by atoms with Crippen LogP contribution in [-0.2, 0) is 0 Å². The fraction of sp³-hybridized carbons (Fsp3) is 0.250. The zero-order valence-electron chi connectivity index (χ0n) is 14.9. The second-order valence-corrected chi connectivity index (χ2v) is 6.85. The molecule has 2 aliphatic rings. The van der Waals surface area contributed by atoms with Crippen LogP contribution in [0.3, 0.4) is 0 Å². The van der Waals surface area contributed by atoms with Crippen molar-refractivity contribution < 1.29 is 0 Å². The zero-order chi connectivity index (χ0) is 16.9. The van der Waals surface area contributed by atoms with E-state index in [1.807, 2.05) is 0 Å². The monoisotopic (exact) mass is 314 g/mol. The van der Waals surface area contributed by atoms with Crippen molar-refractivity contribution in [2.45, 2.75) is 39.5 Å². The predicted molar refractivity (Wildman–Crippen MR) is 105 cm³/mol. The minimum Gasteiger partial charge on any atom is -0.0802 e. The number of rotatable bonds is 3. The Morgan fingerprint density at radius 1 is 0.792 bits per heavy atom. The molecule has 0 heterocycles. The summed E-state index contributed by atoms with van der Waals surface area (Å²) in [4.78, 5) is 0. The Labute approximate surface area is 146 Å². The lowest BCUT2D eigenvalue weighted by molar-refractivity contribution is 0.967. The highest BCUT2D eigenvalue weighted by atomic mass is 14.2. The van der Waals surface area contributed by atoms with Gasteiger partial charge in [0.05, 0.1) is 0 Å². The SMILES string of the molecule is CC1=CCC=C(C(C2=CC=C(C)CC=C2)c2ccc(C)cc2)C=C1. The molecule has 1 atom stereocenters. The van der Waals surface area contributed by atoms with Gasteiger partial charge in [0.2, 0.25) is 0 Å². The molecule has 0 nitrogen and oxygen atoms in total. The van der Waals surface area contributed by atoms with E-state index >= 15 is 0 Å². The minimum absolute atomic E-state index is 0.291. The van der Waals surface area contributed by atoms with Gasteiger partial charge in [-0.3, -0.25) is 0 Å². The molecule has 0 saturated heterocycles. The van der Waals surface area contributed by atoms with E-state index < -0.39 is 0 Å². The standard InChI is InChI=1S/C24H26/c1-18-6-4-8-21(14-10-18)24(23-16-12-20(3)13-17-23)22-9-5-7-19(2)11-15-22/h4,7-17,24H,5-6H2,1-3H3. The first-order valence-electron chi connectivity index (χ1n) is 8.79. The van der Waals surface area contributed by atoms with Crippen molar-refractivity contribution in [3.63, 3.8) is 0 Å². The molecular weight excluding hydrogens is 288 g/mol. The van der Waals surface area contributed by atoms with E-state index in [0.29, 0.717) is 5.92 Å². The van der Waals surface area contributed by atoms with Crippen molar-refractivity contribution in [3.8, 4) is 0 Å². The molecule has 0 amide bonds. The topological polar surface area (TPSA) is 0 Å². The van der Waals surface area contributed by atoms with Gasteiger partial charge in [-0.15, -0.1) is 0 Å². The third-order valence-electron chi connectivity index (χ3n) is 4.72. The average Bonchev–Trinajstić information content (AvgIpc) is 2.91.